The minimum absolute atomic E-state index is 0.104. The van der Waals surface area contributed by atoms with Crippen LogP contribution >= 0.6 is 24.0 Å². The van der Waals surface area contributed by atoms with Gasteiger partial charge in [-0.2, -0.15) is 0 Å². The van der Waals surface area contributed by atoms with Crippen molar-refractivity contribution in [1.29, 1.82) is 0 Å². The van der Waals surface area contributed by atoms with Crippen LogP contribution in [0, 0.1) is 0 Å². The van der Waals surface area contributed by atoms with E-state index in [4.69, 9.17) is 21.7 Å². The standard InChI is InChI=1S/C22H27N3O3S2/c1-23-22(29)28-19-20(15-9-11-16(27-4)12-10-15)30-18-8-6-5-7-17(18)25(21(19)26)14-13-24(2)3/h5-12,19-20H,13-14H2,1-4H3,(H,23,29)/t19-,20+/m0/s1. The summed E-state index contributed by atoms with van der Waals surface area (Å²) in [6.07, 6.45) is -0.766. The van der Waals surface area contributed by atoms with Gasteiger partial charge in [0.2, 0.25) is 0 Å². The van der Waals surface area contributed by atoms with Crippen LogP contribution in [0.2, 0.25) is 0 Å². The molecule has 2 aromatic carbocycles. The molecule has 1 aliphatic rings. The van der Waals surface area contributed by atoms with Gasteiger partial charge in [-0.3, -0.25) is 4.79 Å². The average molecular weight is 446 g/mol. The molecule has 1 aliphatic heterocycles. The second-order valence-electron chi connectivity index (χ2n) is 7.15. The molecule has 1 heterocycles. The Morgan fingerprint density at radius 1 is 1.20 bits per heavy atom. The first-order chi connectivity index (χ1) is 14.4. The molecule has 0 saturated heterocycles. The van der Waals surface area contributed by atoms with Gasteiger partial charge in [0.15, 0.2) is 6.10 Å². The summed E-state index contributed by atoms with van der Waals surface area (Å²) in [5.74, 6) is 0.660. The maximum Gasteiger partial charge on any atom is 0.269 e. The maximum absolute atomic E-state index is 13.7. The molecule has 2 aromatic rings. The Bertz CT molecular complexity index is 889. The molecule has 1 N–H and O–H groups in total. The fourth-order valence-corrected chi connectivity index (χ4v) is 4.66. The predicted molar refractivity (Wildman–Crippen MR) is 125 cm³/mol. The summed E-state index contributed by atoms with van der Waals surface area (Å²) >= 11 is 6.88. The second kappa shape index (κ2) is 10.1. The minimum atomic E-state index is -0.766. The lowest BCUT2D eigenvalue weighted by atomic mass is 10.1. The molecule has 0 fully saturated rings. The van der Waals surface area contributed by atoms with E-state index in [1.807, 2.05) is 67.5 Å². The van der Waals surface area contributed by atoms with E-state index in [9.17, 15) is 4.79 Å². The number of amides is 1. The van der Waals surface area contributed by atoms with Gasteiger partial charge in [0.1, 0.15) is 5.75 Å². The van der Waals surface area contributed by atoms with E-state index in [1.54, 1.807) is 25.9 Å². The normalized spacial score (nSPS) is 18.6. The van der Waals surface area contributed by atoms with Crippen molar-refractivity contribution in [1.82, 2.24) is 10.2 Å². The summed E-state index contributed by atoms with van der Waals surface area (Å²) in [5, 5.41) is 2.77. The lowest BCUT2D eigenvalue weighted by Crippen LogP contribution is -2.46. The summed E-state index contributed by atoms with van der Waals surface area (Å²) in [6.45, 7) is 1.30. The van der Waals surface area contributed by atoms with Crippen LogP contribution in [0.5, 0.6) is 5.75 Å². The van der Waals surface area contributed by atoms with Gasteiger partial charge in [-0.1, -0.05) is 24.3 Å². The first kappa shape index (κ1) is 22.4. The molecule has 3 rings (SSSR count). The molecule has 0 bridgehead atoms. The summed E-state index contributed by atoms with van der Waals surface area (Å²) < 4.78 is 11.3. The van der Waals surface area contributed by atoms with Gasteiger partial charge in [0.05, 0.1) is 18.0 Å². The summed E-state index contributed by atoms with van der Waals surface area (Å²) in [5.41, 5.74) is 1.87. The molecule has 1 amide bonds. The molecule has 2 atom stereocenters. The van der Waals surface area contributed by atoms with Gasteiger partial charge in [-0.05, 0) is 56.1 Å². The topological polar surface area (TPSA) is 54.0 Å². The number of rotatable bonds is 6. The third-order valence-corrected chi connectivity index (χ3v) is 6.52. The maximum atomic E-state index is 13.7. The number of carbonyl (C=O) groups is 1. The van der Waals surface area contributed by atoms with Crippen LogP contribution in [0.3, 0.4) is 0 Å². The Kier molecular flexibility index (Phi) is 7.58. The third-order valence-electron chi connectivity index (χ3n) is 4.85. The number of hydrogen-bond acceptors (Lipinski definition) is 6. The number of para-hydroxylation sites is 1. The number of hydrogen-bond donors (Lipinski definition) is 1. The van der Waals surface area contributed by atoms with Crippen molar-refractivity contribution in [2.24, 2.45) is 0 Å². The fraction of sp³-hybridized carbons (Fsp3) is 0.364. The zero-order valence-corrected chi connectivity index (χ0v) is 19.3. The van der Waals surface area contributed by atoms with E-state index in [2.05, 4.69) is 10.2 Å². The molecule has 30 heavy (non-hydrogen) atoms. The van der Waals surface area contributed by atoms with Crippen molar-refractivity contribution in [2.75, 3.05) is 46.2 Å². The van der Waals surface area contributed by atoms with E-state index in [0.717, 1.165) is 28.4 Å². The zero-order chi connectivity index (χ0) is 21.7. The van der Waals surface area contributed by atoms with E-state index < -0.39 is 6.10 Å². The van der Waals surface area contributed by atoms with Crippen LogP contribution in [0.25, 0.3) is 0 Å². The first-order valence-electron chi connectivity index (χ1n) is 9.68. The van der Waals surface area contributed by atoms with Crippen molar-refractivity contribution in [2.45, 2.75) is 16.2 Å². The van der Waals surface area contributed by atoms with Crippen LogP contribution in [0.4, 0.5) is 5.69 Å². The molecule has 0 spiro atoms. The lowest BCUT2D eigenvalue weighted by molar-refractivity contribution is -0.125. The number of anilines is 1. The SMILES string of the molecule is CNC(=S)O[C@@H]1C(=O)N(CCN(C)C)c2ccccc2S[C@@H]1c1ccc(OC)cc1. The predicted octanol–water partition coefficient (Wildman–Crippen LogP) is 3.33. The molecular formula is C22H27N3O3S2. The van der Waals surface area contributed by atoms with Crippen LogP contribution in [-0.4, -0.2) is 63.4 Å². The first-order valence-corrected chi connectivity index (χ1v) is 11.0. The molecule has 0 saturated carbocycles. The Labute approximate surface area is 187 Å². The molecule has 0 aliphatic carbocycles. The Balaban J connectivity index is 2.06. The molecule has 0 radical (unpaired) electrons. The lowest BCUT2D eigenvalue weighted by Gasteiger charge is -2.29. The van der Waals surface area contributed by atoms with Gasteiger partial charge >= 0.3 is 0 Å². The molecular weight excluding hydrogens is 418 g/mol. The highest BCUT2D eigenvalue weighted by molar-refractivity contribution is 7.99. The zero-order valence-electron chi connectivity index (χ0n) is 17.6. The smallest absolute Gasteiger partial charge is 0.269 e. The van der Waals surface area contributed by atoms with Crippen LogP contribution in [0.15, 0.2) is 53.4 Å². The van der Waals surface area contributed by atoms with Crippen molar-refractivity contribution in [3.8, 4) is 5.75 Å². The van der Waals surface area contributed by atoms with Gasteiger partial charge in [-0.25, -0.2) is 0 Å². The van der Waals surface area contributed by atoms with E-state index in [1.165, 1.54) is 0 Å². The number of nitrogens with zero attached hydrogens (tertiary/aromatic N) is 2. The van der Waals surface area contributed by atoms with Gasteiger partial charge in [0, 0.05) is 25.0 Å². The van der Waals surface area contributed by atoms with Crippen LogP contribution in [-0.2, 0) is 9.53 Å². The Morgan fingerprint density at radius 3 is 2.53 bits per heavy atom. The number of nitrogens with one attached hydrogen (secondary N) is 1. The number of thiocarbonyl (C=S) groups is 1. The largest absolute Gasteiger partial charge is 0.497 e. The van der Waals surface area contributed by atoms with Gasteiger partial charge in [0.25, 0.3) is 11.1 Å². The fourth-order valence-electron chi connectivity index (χ4n) is 3.23. The summed E-state index contributed by atoms with van der Waals surface area (Å²) in [6, 6.07) is 15.7. The van der Waals surface area contributed by atoms with Crippen LogP contribution in [0.1, 0.15) is 10.8 Å². The van der Waals surface area contributed by atoms with Crippen LogP contribution < -0.4 is 15.0 Å². The molecule has 160 valence electrons. The molecule has 0 aromatic heterocycles. The Hall–Kier alpha value is -2.29. The third kappa shape index (κ3) is 5.06. The number of fused-ring (bicyclic) bond motifs is 1. The summed E-state index contributed by atoms with van der Waals surface area (Å²) in [7, 11) is 7.31. The van der Waals surface area contributed by atoms with Crippen molar-refractivity contribution >= 4 is 40.7 Å². The Morgan fingerprint density at radius 2 is 1.90 bits per heavy atom. The van der Waals surface area contributed by atoms with Crippen molar-refractivity contribution in [3.05, 3.63) is 54.1 Å². The monoisotopic (exact) mass is 445 g/mol. The van der Waals surface area contributed by atoms with Crippen molar-refractivity contribution in [3.63, 3.8) is 0 Å². The summed E-state index contributed by atoms with van der Waals surface area (Å²) in [4.78, 5) is 18.6. The number of methoxy groups -OCH3 is 1. The molecule has 0 unspecified atom stereocenters. The highest BCUT2D eigenvalue weighted by Crippen LogP contribution is 2.46. The van der Waals surface area contributed by atoms with Crippen molar-refractivity contribution < 1.29 is 14.3 Å². The number of carbonyl (C=O) groups excluding carboxylic acids is 1. The van der Waals surface area contributed by atoms with E-state index in [0.29, 0.717) is 6.54 Å². The molecule has 6 nitrogen and oxygen atoms in total. The number of benzene rings is 2. The highest BCUT2D eigenvalue weighted by Gasteiger charge is 2.40. The second-order valence-corrected chi connectivity index (χ2v) is 8.70. The highest BCUT2D eigenvalue weighted by atomic mass is 32.2. The van der Waals surface area contributed by atoms with E-state index in [-0.39, 0.29) is 16.3 Å². The number of likely N-dealkylation sites (N-methyl/N-ethyl adjacent to an activating group) is 1. The van der Waals surface area contributed by atoms with E-state index >= 15 is 0 Å². The minimum Gasteiger partial charge on any atom is -0.497 e. The average Bonchev–Trinajstić information content (AvgIpc) is 2.87. The number of thioether (sulfide) groups is 1. The van der Waals surface area contributed by atoms with Gasteiger partial charge < -0.3 is 24.6 Å². The number of ether oxygens (including phenoxy) is 2. The molecule has 8 heteroatoms. The van der Waals surface area contributed by atoms with Gasteiger partial charge in [-0.15, -0.1) is 11.8 Å². The quantitative estimate of drug-likeness (QED) is 0.685.